The molecular formula is C31H43N3O2. The molecule has 0 aromatic heterocycles. The second-order valence-corrected chi connectivity index (χ2v) is 9.55. The van der Waals surface area contributed by atoms with Crippen LogP contribution >= 0.6 is 0 Å². The summed E-state index contributed by atoms with van der Waals surface area (Å²) < 4.78 is 6.03. The number of ether oxygens (including phenoxy) is 1. The molecule has 3 aromatic carbocycles. The van der Waals surface area contributed by atoms with Crippen LogP contribution < -0.4 is 15.4 Å². The predicted octanol–water partition coefficient (Wildman–Crippen LogP) is 6.55. The number of carbonyl (C=O) groups is 1. The number of hydrogen-bond acceptors (Lipinski definition) is 4. The van der Waals surface area contributed by atoms with Crippen molar-refractivity contribution in [2.24, 2.45) is 0 Å². The van der Waals surface area contributed by atoms with Crippen LogP contribution in [-0.4, -0.2) is 43.6 Å². The van der Waals surface area contributed by atoms with Gasteiger partial charge in [0.2, 0.25) is 0 Å². The zero-order valence-electron chi connectivity index (χ0n) is 22.3. The lowest BCUT2D eigenvalue weighted by Crippen LogP contribution is -2.29. The number of hydrogen-bond donors (Lipinski definition) is 2. The Hall–Kier alpha value is -2.89. The molecule has 0 heterocycles. The summed E-state index contributed by atoms with van der Waals surface area (Å²) in [6, 6.07) is 20.2. The van der Waals surface area contributed by atoms with Gasteiger partial charge in [-0.2, -0.15) is 0 Å². The van der Waals surface area contributed by atoms with Gasteiger partial charge in [-0.25, -0.2) is 0 Å². The molecule has 5 heteroatoms. The summed E-state index contributed by atoms with van der Waals surface area (Å²) in [5.74, 6) is 0.595. The molecule has 0 unspecified atom stereocenters. The van der Waals surface area contributed by atoms with Gasteiger partial charge in [-0.1, -0.05) is 74.7 Å². The normalized spacial score (nSPS) is 11.2. The highest BCUT2D eigenvalue weighted by atomic mass is 16.5. The molecule has 0 saturated heterocycles. The van der Waals surface area contributed by atoms with Gasteiger partial charge in [-0.3, -0.25) is 4.79 Å². The van der Waals surface area contributed by atoms with Crippen molar-refractivity contribution in [3.05, 3.63) is 71.8 Å². The Kier molecular flexibility index (Phi) is 11.7. The number of unbranched alkanes of at least 4 members (excludes halogenated alkanes) is 2. The minimum absolute atomic E-state index is 0.0248. The van der Waals surface area contributed by atoms with Gasteiger partial charge >= 0.3 is 0 Å². The molecular weight excluding hydrogens is 446 g/mol. The van der Waals surface area contributed by atoms with E-state index in [0.29, 0.717) is 6.54 Å². The first-order valence-corrected chi connectivity index (χ1v) is 13.5. The van der Waals surface area contributed by atoms with Gasteiger partial charge in [0.25, 0.3) is 5.91 Å². The SMILES string of the molecule is CCCCN(CCCC)CCCNCc1c(OCC(=O)Nc2ccc(C)cc2)ccc2ccccc12. The third-order valence-electron chi connectivity index (χ3n) is 6.48. The van der Waals surface area contributed by atoms with Crippen molar-refractivity contribution >= 4 is 22.4 Å². The zero-order valence-corrected chi connectivity index (χ0v) is 22.3. The van der Waals surface area contributed by atoms with Crippen LogP contribution in [0.3, 0.4) is 0 Å². The number of benzene rings is 3. The van der Waals surface area contributed by atoms with Crippen molar-refractivity contribution < 1.29 is 9.53 Å². The Morgan fingerprint density at radius 2 is 1.56 bits per heavy atom. The topological polar surface area (TPSA) is 53.6 Å². The van der Waals surface area contributed by atoms with Crippen LogP contribution in [0.1, 0.15) is 57.1 Å². The molecule has 0 aliphatic carbocycles. The van der Waals surface area contributed by atoms with Gasteiger partial charge in [-0.05, 0) is 81.3 Å². The van der Waals surface area contributed by atoms with Crippen LogP contribution in [0.25, 0.3) is 10.8 Å². The molecule has 0 spiro atoms. The Bertz CT molecular complexity index is 1060. The van der Waals surface area contributed by atoms with E-state index in [-0.39, 0.29) is 12.5 Å². The van der Waals surface area contributed by atoms with E-state index >= 15 is 0 Å². The van der Waals surface area contributed by atoms with E-state index in [1.807, 2.05) is 37.3 Å². The minimum atomic E-state index is -0.162. The number of anilines is 1. The smallest absolute Gasteiger partial charge is 0.262 e. The average Bonchev–Trinajstić information content (AvgIpc) is 2.90. The molecule has 0 aliphatic rings. The lowest BCUT2D eigenvalue weighted by Gasteiger charge is -2.22. The summed E-state index contributed by atoms with van der Waals surface area (Å²) in [5, 5.41) is 8.88. The summed E-state index contributed by atoms with van der Waals surface area (Å²) in [7, 11) is 0. The van der Waals surface area contributed by atoms with Crippen molar-refractivity contribution in [1.82, 2.24) is 10.2 Å². The summed E-state index contributed by atoms with van der Waals surface area (Å²) in [5.41, 5.74) is 3.04. The van der Waals surface area contributed by atoms with E-state index in [0.717, 1.165) is 47.5 Å². The van der Waals surface area contributed by atoms with Gasteiger partial charge in [-0.15, -0.1) is 0 Å². The first kappa shape index (κ1) is 27.7. The van der Waals surface area contributed by atoms with Gasteiger partial charge in [0, 0.05) is 17.8 Å². The first-order valence-electron chi connectivity index (χ1n) is 13.5. The number of rotatable bonds is 16. The Morgan fingerprint density at radius 3 is 2.28 bits per heavy atom. The fraction of sp³-hybridized carbons (Fsp3) is 0.452. The molecule has 0 fully saturated rings. The van der Waals surface area contributed by atoms with Crippen LogP contribution in [-0.2, 0) is 11.3 Å². The predicted molar refractivity (Wildman–Crippen MR) is 152 cm³/mol. The highest BCUT2D eigenvalue weighted by molar-refractivity contribution is 5.92. The second kappa shape index (κ2) is 15.3. The van der Waals surface area contributed by atoms with Crippen LogP contribution in [0.5, 0.6) is 5.75 Å². The molecule has 3 aromatic rings. The third kappa shape index (κ3) is 8.96. The molecule has 5 nitrogen and oxygen atoms in total. The Morgan fingerprint density at radius 1 is 0.861 bits per heavy atom. The van der Waals surface area contributed by atoms with E-state index < -0.39 is 0 Å². The van der Waals surface area contributed by atoms with Gasteiger partial charge in [0.05, 0.1) is 0 Å². The number of amides is 1. The van der Waals surface area contributed by atoms with Crippen molar-refractivity contribution in [1.29, 1.82) is 0 Å². The quantitative estimate of drug-likeness (QED) is 0.224. The van der Waals surface area contributed by atoms with Crippen LogP contribution in [0.4, 0.5) is 5.69 Å². The molecule has 0 bridgehead atoms. The number of nitrogens with zero attached hydrogens (tertiary/aromatic N) is 1. The Labute approximate surface area is 217 Å². The molecule has 194 valence electrons. The van der Waals surface area contributed by atoms with Crippen LogP contribution in [0.15, 0.2) is 60.7 Å². The molecule has 0 radical (unpaired) electrons. The average molecular weight is 490 g/mol. The number of nitrogens with one attached hydrogen (secondary N) is 2. The molecule has 0 aliphatic heterocycles. The number of fused-ring (bicyclic) bond motifs is 1. The zero-order chi connectivity index (χ0) is 25.6. The van der Waals surface area contributed by atoms with E-state index in [1.54, 1.807) is 0 Å². The molecule has 2 N–H and O–H groups in total. The van der Waals surface area contributed by atoms with E-state index in [2.05, 4.69) is 59.7 Å². The molecule has 36 heavy (non-hydrogen) atoms. The van der Waals surface area contributed by atoms with Crippen LogP contribution in [0.2, 0.25) is 0 Å². The fourth-order valence-corrected chi connectivity index (χ4v) is 4.35. The fourth-order valence-electron chi connectivity index (χ4n) is 4.35. The first-order chi connectivity index (χ1) is 17.6. The van der Waals surface area contributed by atoms with Crippen molar-refractivity contribution in [3.63, 3.8) is 0 Å². The van der Waals surface area contributed by atoms with Gasteiger partial charge in [0.15, 0.2) is 6.61 Å². The monoisotopic (exact) mass is 489 g/mol. The van der Waals surface area contributed by atoms with Gasteiger partial charge < -0.3 is 20.3 Å². The maximum atomic E-state index is 12.5. The van der Waals surface area contributed by atoms with Gasteiger partial charge in [0.1, 0.15) is 5.75 Å². The van der Waals surface area contributed by atoms with E-state index in [1.165, 1.54) is 44.2 Å². The minimum Gasteiger partial charge on any atom is -0.483 e. The largest absolute Gasteiger partial charge is 0.483 e. The molecule has 3 rings (SSSR count). The van der Waals surface area contributed by atoms with E-state index in [4.69, 9.17) is 4.74 Å². The lowest BCUT2D eigenvalue weighted by molar-refractivity contribution is -0.118. The number of carbonyl (C=O) groups excluding carboxylic acids is 1. The third-order valence-corrected chi connectivity index (χ3v) is 6.48. The maximum Gasteiger partial charge on any atom is 0.262 e. The van der Waals surface area contributed by atoms with Crippen molar-refractivity contribution in [2.75, 3.05) is 38.1 Å². The second-order valence-electron chi connectivity index (χ2n) is 9.55. The highest BCUT2D eigenvalue weighted by Gasteiger charge is 2.11. The molecule has 0 atom stereocenters. The maximum absolute atomic E-state index is 12.5. The summed E-state index contributed by atoms with van der Waals surface area (Å²) in [6.07, 6.45) is 6.14. The molecule has 0 saturated carbocycles. The van der Waals surface area contributed by atoms with E-state index in [9.17, 15) is 4.79 Å². The summed E-state index contributed by atoms with van der Waals surface area (Å²) >= 11 is 0. The lowest BCUT2D eigenvalue weighted by atomic mass is 10.0. The highest BCUT2D eigenvalue weighted by Crippen LogP contribution is 2.28. The van der Waals surface area contributed by atoms with Crippen molar-refractivity contribution in [3.8, 4) is 5.75 Å². The number of aryl methyl sites for hydroxylation is 1. The summed E-state index contributed by atoms with van der Waals surface area (Å²) in [6.45, 7) is 11.7. The summed E-state index contributed by atoms with van der Waals surface area (Å²) in [4.78, 5) is 15.1. The van der Waals surface area contributed by atoms with Crippen molar-refractivity contribution in [2.45, 2.75) is 59.4 Å². The Balaban J connectivity index is 1.57. The van der Waals surface area contributed by atoms with Crippen LogP contribution in [0, 0.1) is 6.92 Å². The molecule has 1 amide bonds. The standard InChI is InChI=1S/C31H43N3O2/c1-4-6-20-34(21-7-5-2)22-10-19-32-23-29-28-12-9-8-11-26(28)15-18-30(29)36-24-31(35)33-27-16-13-25(3)14-17-27/h8-9,11-18,32H,4-7,10,19-24H2,1-3H3,(H,33,35).